The van der Waals surface area contributed by atoms with E-state index >= 15 is 0 Å². The molecule has 0 bridgehead atoms. The molecule has 88 valence electrons. The van der Waals surface area contributed by atoms with Crippen LogP contribution in [0.15, 0.2) is 0 Å². The molecule has 1 aliphatic heterocycles. The molecule has 0 aromatic heterocycles. The number of carbonyl (C=O) groups excluding carboxylic acids is 1. The smallest absolute Gasteiger partial charge is 0.224 e. The van der Waals surface area contributed by atoms with E-state index in [1.54, 1.807) is 0 Å². The van der Waals surface area contributed by atoms with E-state index in [1.165, 1.54) is 0 Å². The van der Waals surface area contributed by atoms with E-state index in [1.807, 2.05) is 6.92 Å². The van der Waals surface area contributed by atoms with Crippen LogP contribution in [-0.4, -0.2) is 38.3 Å². The van der Waals surface area contributed by atoms with Crippen molar-refractivity contribution in [1.29, 1.82) is 0 Å². The van der Waals surface area contributed by atoms with Crippen molar-refractivity contribution in [2.24, 2.45) is 5.92 Å². The number of hydrogen-bond acceptors (Lipinski definition) is 3. The summed E-state index contributed by atoms with van der Waals surface area (Å²) in [4.78, 5) is 11.8. The lowest BCUT2D eigenvalue weighted by Gasteiger charge is -2.28. The average molecular weight is 214 g/mol. The molecule has 1 rings (SSSR count). The quantitative estimate of drug-likeness (QED) is 0.656. The Morgan fingerprint density at radius 3 is 3.07 bits per heavy atom. The van der Waals surface area contributed by atoms with Crippen LogP contribution in [0, 0.1) is 5.92 Å². The summed E-state index contributed by atoms with van der Waals surface area (Å²) < 4.78 is 5.17. The topological polar surface area (TPSA) is 50.4 Å². The van der Waals surface area contributed by atoms with Gasteiger partial charge in [-0.05, 0) is 33.2 Å². The molecule has 4 heteroatoms. The van der Waals surface area contributed by atoms with Crippen molar-refractivity contribution in [2.75, 3.05) is 26.3 Å². The molecule has 2 N–H and O–H groups in total. The number of rotatable bonds is 5. The Morgan fingerprint density at radius 1 is 1.60 bits per heavy atom. The van der Waals surface area contributed by atoms with E-state index in [9.17, 15) is 4.79 Å². The van der Waals surface area contributed by atoms with Crippen LogP contribution in [-0.2, 0) is 9.53 Å². The first-order valence-corrected chi connectivity index (χ1v) is 5.84. The molecule has 1 saturated heterocycles. The summed E-state index contributed by atoms with van der Waals surface area (Å²) >= 11 is 0. The number of hydrogen-bond donors (Lipinski definition) is 2. The third-order valence-corrected chi connectivity index (χ3v) is 2.85. The van der Waals surface area contributed by atoms with Crippen molar-refractivity contribution in [1.82, 2.24) is 10.6 Å². The third-order valence-electron chi connectivity index (χ3n) is 2.85. The molecule has 2 unspecified atom stereocenters. The number of ether oxygens (including phenoxy) is 1. The molecule has 4 nitrogen and oxygen atoms in total. The lowest BCUT2D eigenvalue weighted by Crippen LogP contribution is -2.47. The fraction of sp³-hybridized carbons (Fsp3) is 0.909. The summed E-state index contributed by atoms with van der Waals surface area (Å²) in [6.45, 7) is 6.99. The van der Waals surface area contributed by atoms with Crippen LogP contribution in [0.4, 0.5) is 0 Å². The predicted molar refractivity (Wildman–Crippen MR) is 59.7 cm³/mol. The second-order valence-corrected chi connectivity index (χ2v) is 3.98. The number of piperidine rings is 1. The zero-order valence-corrected chi connectivity index (χ0v) is 9.71. The summed E-state index contributed by atoms with van der Waals surface area (Å²) in [6, 6.07) is 0.297. The molecule has 0 radical (unpaired) electrons. The van der Waals surface area contributed by atoms with Gasteiger partial charge in [0.15, 0.2) is 0 Å². The fourth-order valence-electron chi connectivity index (χ4n) is 1.92. The highest BCUT2D eigenvalue weighted by molar-refractivity contribution is 5.79. The van der Waals surface area contributed by atoms with E-state index < -0.39 is 0 Å². The normalized spacial score (nSPS) is 26.3. The minimum atomic E-state index is 0.125. The zero-order chi connectivity index (χ0) is 11.1. The maximum absolute atomic E-state index is 11.8. The summed E-state index contributed by atoms with van der Waals surface area (Å²) in [7, 11) is 0. The van der Waals surface area contributed by atoms with Gasteiger partial charge in [0.2, 0.25) is 5.91 Å². The number of amides is 1. The fourth-order valence-corrected chi connectivity index (χ4v) is 1.92. The summed E-state index contributed by atoms with van der Waals surface area (Å²) in [5.41, 5.74) is 0. The maximum atomic E-state index is 11.8. The summed E-state index contributed by atoms with van der Waals surface area (Å²) in [6.07, 6.45) is 2.09. The maximum Gasteiger partial charge on any atom is 0.224 e. The van der Waals surface area contributed by atoms with E-state index in [4.69, 9.17) is 4.74 Å². The molecule has 2 atom stereocenters. The van der Waals surface area contributed by atoms with E-state index in [0.29, 0.717) is 25.8 Å². The molecular weight excluding hydrogens is 192 g/mol. The first-order valence-electron chi connectivity index (χ1n) is 5.84. The Bertz CT molecular complexity index is 197. The molecule has 0 saturated carbocycles. The molecule has 1 amide bonds. The van der Waals surface area contributed by atoms with Gasteiger partial charge in [-0.3, -0.25) is 4.79 Å². The van der Waals surface area contributed by atoms with Gasteiger partial charge in [-0.2, -0.15) is 0 Å². The Morgan fingerprint density at radius 2 is 2.40 bits per heavy atom. The summed E-state index contributed by atoms with van der Waals surface area (Å²) in [5.74, 6) is 0.287. The minimum absolute atomic E-state index is 0.125. The molecule has 1 aliphatic rings. The SMILES string of the molecule is CCOCCNC(=O)C1CCCNC1C. The van der Waals surface area contributed by atoms with Gasteiger partial charge in [0.05, 0.1) is 12.5 Å². The average Bonchev–Trinajstić information content (AvgIpc) is 2.25. The largest absolute Gasteiger partial charge is 0.380 e. The van der Waals surface area contributed by atoms with Crippen molar-refractivity contribution < 1.29 is 9.53 Å². The Labute approximate surface area is 91.8 Å². The predicted octanol–water partition coefficient (Wildman–Crippen LogP) is 0.527. The van der Waals surface area contributed by atoms with Crippen molar-refractivity contribution in [3.63, 3.8) is 0 Å². The van der Waals surface area contributed by atoms with Crippen molar-refractivity contribution in [3.8, 4) is 0 Å². The first-order chi connectivity index (χ1) is 7.25. The van der Waals surface area contributed by atoms with Crippen LogP contribution in [0.25, 0.3) is 0 Å². The Balaban J connectivity index is 2.20. The van der Waals surface area contributed by atoms with Gasteiger partial charge in [0.25, 0.3) is 0 Å². The van der Waals surface area contributed by atoms with Gasteiger partial charge in [-0.25, -0.2) is 0 Å². The van der Waals surface area contributed by atoms with Gasteiger partial charge in [-0.1, -0.05) is 0 Å². The second-order valence-electron chi connectivity index (χ2n) is 3.98. The molecular formula is C11H22N2O2. The van der Waals surface area contributed by atoms with Gasteiger partial charge in [-0.15, -0.1) is 0 Å². The highest BCUT2D eigenvalue weighted by Crippen LogP contribution is 2.15. The van der Waals surface area contributed by atoms with Gasteiger partial charge in [0, 0.05) is 19.2 Å². The third kappa shape index (κ3) is 4.18. The highest BCUT2D eigenvalue weighted by Gasteiger charge is 2.26. The van der Waals surface area contributed by atoms with Crippen molar-refractivity contribution in [2.45, 2.75) is 32.7 Å². The molecule has 1 fully saturated rings. The first kappa shape index (κ1) is 12.5. The van der Waals surface area contributed by atoms with Crippen LogP contribution < -0.4 is 10.6 Å². The molecule has 15 heavy (non-hydrogen) atoms. The minimum Gasteiger partial charge on any atom is -0.380 e. The molecule has 0 aromatic carbocycles. The molecule has 1 heterocycles. The number of carbonyl (C=O) groups is 1. The van der Waals surface area contributed by atoms with Crippen LogP contribution in [0.5, 0.6) is 0 Å². The monoisotopic (exact) mass is 214 g/mol. The van der Waals surface area contributed by atoms with Crippen molar-refractivity contribution >= 4 is 5.91 Å². The van der Waals surface area contributed by atoms with E-state index in [2.05, 4.69) is 17.6 Å². The molecule has 0 spiro atoms. The molecule has 0 aliphatic carbocycles. The Kier molecular flexibility index (Phi) is 5.65. The van der Waals surface area contributed by atoms with Crippen LogP contribution in [0.3, 0.4) is 0 Å². The van der Waals surface area contributed by atoms with Gasteiger partial charge in [0.1, 0.15) is 0 Å². The van der Waals surface area contributed by atoms with Crippen LogP contribution >= 0.6 is 0 Å². The van der Waals surface area contributed by atoms with Crippen LogP contribution in [0.2, 0.25) is 0 Å². The highest BCUT2D eigenvalue weighted by atomic mass is 16.5. The van der Waals surface area contributed by atoms with Gasteiger partial charge < -0.3 is 15.4 Å². The zero-order valence-electron chi connectivity index (χ0n) is 9.71. The second kappa shape index (κ2) is 6.80. The van der Waals surface area contributed by atoms with Gasteiger partial charge >= 0.3 is 0 Å². The lowest BCUT2D eigenvalue weighted by atomic mass is 9.91. The van der Waals surface area contributed by atoms with E-state index in [-0.39, 0.29) is 11.8 Å². The standard InChI is InChI=1S/C11H22N2O2/c1-3-15-8-7-13-11(14)10-5-4-6-12-9(10)2/h9-10,12H,3-8H2,1-2H3,(H,13,14). The Hall–Kier alpha value is -0.610. The summed E-state index contributed by atoms with van der Waals surface area (Å²) in [5, 5.41) is 6.24. The number of nitrogens with one attached hydrogen (secondary N) is 2. The van der Waals surface area contributed by atoms with E-state index in [0.717, 1.165) is 19.4 Å². The van der Waals surface area contributed by atoms with Crippen molar-refractivity contribution in [3.05, 3.63) is 0 Å². The molecule has 0 aromatic rings. The lowest BCUT2D eigenvalue weighted by molar-refractivity contribution is -0.126. The van der Waals surface area contributed by atoms with Crippen LogP contribution in [0.1, 0.15) is 26.7 Å².